The van der Waals surface area contributed by atoms with Crippen molar-refractivity contribution in [2.75, 3.05) is 13.2 Å². The SMILES string of the molecule is C=CCO[C@H]1O[C@@H]2CO[C@@H](c3ccccc3)O[C@H]2[C@H](OCc2ccccc2)[C@H]1N. The van der Waals surface area contributed by atoms with Crippen LogP contribution in [0.1, 0.15) is 17.4 Å². The molecule has 0 unspecified atom stereocenters. The lowest BCUT2D eigenvalue weighted by atomic mass is 9.96. The molecule has 2 aliphatic heterocycles. The molecule has 2 aliphatic rings. The van der Waals surface area contributed by atoms with Crippen LogP contribution in [-0.2, 0) is 30.3 Å². The van der Waals surface area contributed by atoms with Gasteiger partial charge in [-0.3, -0.25) is 0 Å². The molecule has 6 heteroatoms. The van der Waals surface area contributed by atoms with E-state index in [0.29, 0.717) is 19.8 Å². The van der Waals surface area contributed by atoms with E-state index in [4.69, 9.17) is 29.4 Å². The molecule has 2 aromatic rings. The monoisotopic (exact) mass is 397 g/mol. The Morgan fingerprint density at radius 2 is 1.72 bits per heavy atom. The second-order valence-electron chi connectivity index (χ2n) is 7.18. The molecule has 0 aliphatic carbocycles. The quantitative estimate of drug-likeness (QED) is 0.725. The first-order valence-corrected chi connectivity index (χ1v) is 9.87. The molecule has 154 valence electrons. The highest BCUT2D eigenvalue weighted by Crippen LogP contribution is 2.35. The van der Waals surface area contributed by atoms with Crippen LogP contribution < -0.4 is 5.73 Å². The molecule has 2 N–H and O–H groups in total. The van der Waals surface area contributed by atoms with E-state index in [2.05, 4.69) is 6.58 Å². The van der Waals surface area contributed by atoms with Crippen molar-refractivity contribution >= 4 is 0 Å². The van der Waals surface area contributed by atoms with E-state index < -0.39 is 24.7 Å². The maximum absolute atomic E-state index is 6.49. The zero-order valence-corrected chi connectivity index (χ0v) is 16.3. The fraction of sp³-hybridized carbons (Fsp3) is 0.391. The van der Waals surface area contributed by atoms with Gasteiger partial charge >= 0.3 is 0 Å². The Balaban J connectivity index is 1.51. The predicted octanol–water partition coefficient (Wildman–Crippen LogP) is 2.94. The van der Waals surface area contributed by atoms with E-state index in [9.17, 15) is 0 Å². The molecule has 0 aromatic heterocycles. The van der Waals surface area contributed by atoms with Gasteiger partial charge in [0.2, 0.25) is 0 Å². The molecule has 2 aromatic carbocycles. The maximum atomic E-state index is 6.49. The number of hydrogen-bond acceptors (Lipinski definition) is 6. The summed E-state index contributed by atoms with van der Waals surface area (Å²) in [5.74, 6) is 0. The fourth-order valence-electron chi connectivity index (χ4n) is 3.66. The highest BCUT2D eigenvalue weighted by atomic mass is 16.7. The van der Waals surface area contributed by atoms with Crippen molar-refractivity contribution in [2.24, 2.45) is 5.73 Å². The Labute approximate surface area is 171 Å². The Morgan fingerprint density at radius 3 is 2.45 bits per heavy atom. The van der Waals surface area contributed by atoms with Gasteiger partial charge in [0.15, 0.2) is 12.6 Å². The first kappa shape index (κ1) is 20.2. The zero-order valence-electron chi connectivity index (χ0n) is 16.3. The van der Waals surface area contributed by atoms with Crippen LogP contribution in [0.5, 0.6) is 0 Å². The molecule has 0 saturated carbocycles. The molecule has 0 radical (unpaired) electrons. The lowest BCUT2D eigenvalue weighted by Crippen LogP contribution is -2.65. The highest BCUT2D eigenvalue weighted by Gasteiger charge is 2.49. The number of ether oxygens (including phenoxy) is 5. The largest absolute Gasteiger partial charge is 0.369 e. The summed E-state index contributed by atoms with van der Waals surface area (Å²) in [5.41, 5.74) is 8.51. The van der Waals surface area contributed by atoms with Crippen LogP contribution in [0.4, 0.5) is 0 Å². The van der Waals surface area contributed by atoms with Crippen molar-refractivity contribution < 1.29 is 23.7 Å². The second-order valence-corrected chi connectivity index (χ2v) is 7.18. The van der Waals surface area contributed by atoms with E-state index in [0.717, 1.165) is 11.1 Å². The number of benzene rings is 2. The molecule has 4 rings (SSSR count). The van der Waals surface area contributed by atoms with E-state index >= 15 is 0 Å². The van der Waals surface area contributed by atoms with Crippen LogP contribution in [-0.4, -0.2) is 43.9 Å². The third kappa shape index (κ3) is 4.75. The van der Waals surface area contributed by atoms with Crippen molar-refractivity contribution in [2.45, 2.75) is 43.5 Å². The minimum absolute atomic E-state index is 0.328. The van der Waals surface area contributed by atoms with Crippen molar-refractivity contribution in [1.82, 2.24) is 0 Å². The Hall–Kier alpha value is -2.06. The zero-order chi connectivity index (χ0) is 20.1. The van der Waals surface area contributed by atoms with Crippen molar-refractivity contribution in [3.63, 3.8) is 0 Å². The topological polar surface area (TPSA) is 72.2 Å². The minimum Gasteiger partial charge on any atom is -0.369 e. The van der Waals surface area contributed by atoms with Crippen LogP contribution in [0.25, 0.3) is 0 Å². The Morgan fingerprint density at radius 1 is 1.00 bits per heavy atom. The minimum atomic E-state index is -0.615. The Kier molecular flexibility index (Phi) is 6.71. The number of hydrogen-bond donors (Lipinski definition) is 1. The molecule has 0 amide bonds. The number of rotatable bonds is 7. The molecule has 2 heterocycles. The van der Waals surface area contributed by atoms with Gasteiger partial charge < -0.3 is 29.4 Å². The van der Waals surface area contributed by atoms with Gasteiger partial charge in [-0.25, -0.2) is 0 Å². The molecule has 29 heavy (non-hydrogen) atoms. The van der Waals surface area contributed by atoms with Crippen LogP contribution in [0.2, 0.25) is 0 Å². The standard InChI is InChI=1S/C23H27NO5/c1-2-13-25-23-19(24)21(26-14-16-9-5-3-6-10-16)20-18(28-23)15-27-22(29-20)17-11-7-4-8-12-17/h2-12,18-23H,1,13-15,24H2/t18-,19-,20-,21-,22-,23+/m1/s1. The lowest BCUT2D eigenvalue weighted by Gasteiger charge is -2.48. The highest BCUT2D eigenvalue weighted by molar-refractivity contribution is 5.17. The van der Waals surface area contributed by atoms with Gasteiger partial charge in [-0.05, 0) is 5.56 Å². The maximum Gasteiger partial charge on any atom is 0.184 e. The molecule has 6 nitrogen and oxygen atoms in total. The molecule has 2 fully saturated rings. The third-order valence-corrected chi connectivity index (χ3v) is 5.12. The molecule has 0 spiro atoms. The van der Waals surface area contributed by atoms with Crippen molar-refractivity contribution in [1.29, 1.82) is 0 Å². The van der Waals surface area contributed by atoms with Gasteiger partial charge in [-0.15, -0.1) is 6.58 Å². The van der Waals surface area contributed by atoms with Crippen LogP contribution >= 0.6 is 0 Å². The third-order valence-electron chi connectivity index (χ3n) is 5.12. The summed E-state index contributed by atoms with van der Waals surface area (Å²) in [6, 6.07) is 19.3. The normalized spacial score (nSPS) is 31.8. The molecule has 2 saturated heterocycles. The van der Waals surface area contributed by atoms with E-state index in [1.807, 2.05) is 60.7 Å². The van der Waals surface area contributed by atoms with E-state index in [1.54, 1.807) is 6.08 Å². The summed E-state index contributed by atoms with van der Waals surface area (Å²) >= 11 is 0. The second kappa shape index (κ2) is 9.63. The van der Waals surface area contributed by atoms with Gasteiger partial charge in [0, 0.05) is 5.56 Å². The fourth-order valence-corrected chi connectivity index (χ4v) is 3.66. The van der Waals surface area contributed by atoms with Crippen LogP contribution in [0.15, 0.2) is 73.3 Å². The molecule has 0 bridgehead atoms. The van der Waals surface area contributed by atoms with Gasteiger partial charge in [0.1, 0.15) is 18.3 Å². The van der Waals surface area contributed by atoms with E-state index in [1.165, 1.54) is 0 Å². The van der Waals surface area contributed by atoms with Crippen molar-refractivity contribution in [3.05, 3.63) is 84.4 Å². The first-order valence-electron chi connectivity index (χ1n) is 9.87. The van der Waals surface area contributed by atoms with Crippen LogP contribution in [0, 0.1) is 0 Å². The molecule has 6 atom stereocenters. The summed E-state index contributed by atoms with van der Waals surface area (Å²) in [6.07, 6.45) is -0.529. The lowest BCUT2D eigenvalue weighted by molar-refractivity contribution is -0.346. The average molecular weight is 397 g/mol. The predicted molar refractivity (Wildman–Crippen MR) is 108 cm³/mol. The molecular formula is C23H27NO5. The summed E-state index contributed by atoms with van der Waals surface area (Å²) in [4.78, 5) is 0. The Bertz CT molecular complexity index is 771. The van der Waals surface area contributed by atoms with Gasteiger partial charge in [-0.1, -0.05) is 66.7 Å². The van der Waals surface area contributed by atoms with E-state index in [-0.39, 0.29) is 12.2 Å². The van der Waals surface area contributed by atoms with Gasteiger partial charge in [0.25, 0.3) is 0 Å². The summed E-state index contributed by atoms with van der Waals surface area (Å²) < 4.78 is 30.2. The average Bonchev–Trinajstić information content (AvgIpc) is 2.78. The number of nitrogens with two attached hydrogens (primary N) is 1. The summed E-state index contributed by atoms with van der Waals surface area (Å²) in [5, 5.41) is 0. The van der Waals surface area contributed by atoms with Gasteiger partial charge in [0.05, 0.1) is 25.9 Å². The first-order chi connectivity index (χ1) is 14.3. The van der Waals surface area contributed by atoms with Crippen molar-refractivity contribution in [3.8, 4) is 0 Å². The summed E-state index contributed by atoms with van der Waals surface area (Å²) in [7, 11) is 0. The smallest absolute Gasteiger partial charge is 0.184 e. The van der Waals surface area contributed by atoms with Crippen LogP contribution in [0.3, 0.4) is 0 Å². The number of fused-ring (bicyclic) bond motifs is 1. The molecular weight excluding hydrogens is 370 g/mol. The summed E-state index contributed by atoms with van der Waals surface area (Å²) in [6.45, 7) is 4.83. The van der Waals surface area contributed by atoms with Gasteiger partial charge in [-0.2, -0.15) is 0 Å².